The molecule has 0 radical (unpaired) electrons. The largest absolute Gasteiger partial charge is 0.310 e. The molecule has 1 heterocycles. The molecule has 2 nitrogen and oxygen atoms in total. The van der Waals surface area contributed by atoms with Crippen LogP contribution in [0.3, 0.4) is 0 Å². The minimum absolute atomic E-state index is 0.360. The second-order valence-corrected chi connectivity index (χ2v) is 8.93. The Hall–Kier alpha value is -1.05. The Kier molecular flexibility index (Phi) is 3.12. The molecule has 5 atom stereocenters. The molecule has 0 amide bonds. The zero-order chi connectivity index (χ0) is 15.5. The Morgan fingerprint density at radius 1 is 1.14 bits per heavy atom. The first kappa shape index (κ1) is 14.5. The molecule has 0 bridgehead atoms. The van der Waals surface area contributed by atoms with Crippen molar-refractivity contribution in [1.29, 1.82) is 0 Å². The van der Waals surface area contributed by atoms with Gasteiger partial charge in [-0.1, -0.05) is 33.8 Å². The third-order valence-corrected chi connectivity index (χ3v) is 7.92. The lowest BCUT2D eigenvalue weighted by Gasteiger charge is -2.57. The molecular weight excluding hydrogens is 268 g/mol. The van der Waals surface area contributed by atoms with Crippen molar-refractivity contribution in [2.24, 2.45) is 34.5 Å². The molecule has 22 heavy (non-hydrogen) atoms. The van der Waals surface area contributed by atoms with E-state index >= 15 is 0 Å². The van der Waals surface area contributed by atoms with Gasteiger partial charge in [-0.2, -0.15) is 0 Å². The minimum Gasteiger partial charge on any atom is -0.310 e. The standard InChI is InChI=1S/C20H30N2/c1-14-5-6-15-16(19(14,2)3)9-10-20(4)17(15)7-8-18(20)22-12-11-21-13-22/h8,11-17H,5-7,9-10H2,1-4H3/t14-,15-,16+,17+,20+/m1/s1. The summed E-state index contributed by atoms with van der Waals surface area (Å²) in [6, 6.07) is 0. The van der Waals surface area contributed by atoms with Gasteiger partial charge in [0.1, 0.15) is 0 Å². The summed E-state index contributed by atoms with van der Waals surface area (Å²) in [4.78, 5) is 4.27. The molecule has 120 valence electrons. The zero-order valence-electron chi connectivity index (χ0n) is 14.5. The van der Waals surface area contributed by atoms with Gasteiger partial charge in [-0.15, -0.1) is 0 Å². The fraction of sp³-hybridized carbons (Fsp3) is 0.750. The van der Waals surface area contributed by atoms with Crippen LogP contribution in [-0.4, -0.2) is 9.55 Å². The van der Waals surface area contributed by atoms with Crippen molar-refractivity contribution in [3.05, 3.63) is 24.8 Å². The predicted molar refractivity (Wildman–Crippen MR) is 91.1 cm³/mol. The molecule has 0 aliphatic heterocycles. The maximum atomic E-state index is 4.27. The Balaban J connectivity index is 1.66. The second kappa shape index (κ2) is 4.72. The van der Waals surface area contributed by atoms with E-state index in [1.54, 1.807) is 0 Å². The van der Waals surface area contributed by atoms with Crippen molar-refractivity contribution in [2.45, 2.75) is 59.8 Å². The molecule has 0 saturated heterocycles. The molecule has 2 saturated carbocycles. The molecule has 1 aromatic rings. The number of rotatable bonds is 1. The topological polar surface area (TPSA) is 17.8 Å². The lowest BCUT2D eigenvalue weighted by molar-refractivity contribution is -0.0640. The molecule has 0 spiro atoms. The number of allylic oxidation sites excluding steroid dienone is 2. The summed E-state index contributed by atoms with van der Waals surface area (Å²) in [6.07, 6.45) is 15.4. The van der Waals surface area contributed by atoms with Crippen molar-refractivity contribution in [1.82, 2.24) is 9.55 Å². The van der Waals surface area contributed by atoms with Crippen molar-refractivity contribution >= 4 is 5.70 Å². The van der Waals surface area contributed by atoms with Gasteiger partial charge in [0.2, 0.25) is 0 Å². The molecule has 0 N–H and O–H groups in total. The quantitative estimate of drug-likeness (QED) is 0.694. The van der Waals surface area contributed by atoms with Crippen LogP contribution in [0.25, 0.3) is 5.70 Å². The highest BCUT2D eigenvalue weighted by atomic mass is 15.1. The monoisotopic (exact) mass is 298 g/mol. The van der Waals surface area contributed by atoms with E-state index in [1.807, 2.05) is 12.5 Å². The third kappa shape index (κ3) is 1.82. The van der Waals surface area contributed by atoms with Gasteiger partial charge >= 0.3 is 0 Å². The molecule has 3 aliphatic carbocycles. The number of hydrogen-bond acceptors (Lipinski definition) is 1. The molecule has 0 aromatic carbocycles. The molecular formula is C20H30N2. The van der Waals surface area contributed by atoms with Gasteiger partial charge in [0.15, 0.2) is 0 Å². The van der Waals surface area contributed by atoms with E-state index in [2.05, 4.69) is 49.5 Å². The molecule has 4 rings (SSSR count). The number of imidazole rings is 1. The average molecular weight is 298 g/mol. The molecule has 2 fully saturated rings. The molecule has 3 aliphatic rings. The summed E-state index contributed by atoms with van der Waals surface area (Å²) in [5.41, 5.74) is 2.39. The van der Waals surface area contributed by atoms with Gasteiger partial charge < -0.3 is 4.57 Å². The van der Waals surface area contributed by atoms with Crippen molar-refractivity contribution in [3.63, 3.8) is 0 Å². The van der Waals surface area contributed by atoms with E-state index in [9.17, 15) is 0 Å². The van der Waals surface area contributed by atoms with Gasteiger partial charge in [-0.3, -0.25) is 0 Å². The van der Waals surface area contributed by atoms with E-state index in [1.165, 1.54) is 37.8 Å². The van der Waals surface area contributed by atoms with E-state index in [-0.39, 0.29) is 0 Å². The van der Waals surface area contributed by atoms with Gasteiger partial charge in [0, 0.05) is 23.5 Å². The highest BCUT2D eigenvalue weighted by Crippen LogP contribution is 2.64. The van der Waals surface area contributed by atoms with Crippen LogP contribution in [0.5, 0.6) is 0 Å². The molecule has 1 aromatic heterocycles. The summed E-state index contributed by atoms with van der Waals surface area (Å²) in [6.45, 7) is 10.1. The fourth-order valence-corrected chi connectivity index (χ4v) is 6.14. The highest BCUT2D eigenvalue weighted by Gasteiger charge is 2.56. The highest BCUT2D eigenvalue weighted by molar-refractivity contribution is 5.56. The first-order chi connectivity index (χ1) is 10.4. The van der Waals surface area contributed by atoms with Gasteiger partial charge in [-0.05, 0) is 61.2 Å². The molecule has 0 unspecified atom stereocenters. The van der Waals surface area contributed by atoms with Gasteiger partial charge in [0.25, 0.3) is 0 Å². The van der Waals surface area contributed by atoms with Crippen LogP contribution in [0.4, 0.5) is 0 Å². The van der Waals surface area contributed by atoms with Gasteiger partial charge in [-0.25, -0.2) is 4.98 Å². The number of aromatic nitrogens is 2. The zero-order valence-corrected chi connectivity index (χ0v) is 14.5. The minimum atomic E-state index is 0.360. The Morgan fingerprint density at radius 2 is 1.95 bits per heavy atom. The van der Waals surface area contributed by atoms with Crippen molar-refractivity contribution in [3.8, 4) is 0 Å². The summed E-state index contributed by atoms with van der Waals surface area (Å²) in [5.74, 6) is 3.56. The first-order valence-corrected chi connectivity index (χ1v) is 9.13. The van der Waals surface area contributed by atoms with Crippen LogP contribution in [0, 0.1) is 34.5 Å². The van der Waals surface area contributed by atoms with Crippen molar-refractivity contribution in [2.75, 3.05) is 0 Å². The van der Waals surface area contributed by atoms with Crippen LogP contribution in [0.2, 0.25) is 0 Å². The van der Waals surface area contributed by atoms with E-state index < -0.39 is 0 Å². The van der Waals surface area contributed by atoms with Crippen LogP contribution < -0.4 is 0 Å². The van der Waals surface area contributed by atoms with Crippen LogP contribution >= 0.6 is 0 Å². The summed E-state index contributed by atoms with van der Waals surface area (Å²) in [7, 11) is 0. The van der Waals surface area contributed by atoms with Crippen LogP contribution in [0.1, 0.15) is 59.8 Å². The van der Waals surface area contributed by atoms with Crippen molar-refractivity contribution < 1.29 is 0 Å². The average Bonchev–Trinajstić information content (AvgIpc) is 3.09. The van der Waals surface area contributed by atoms with Crippen LogP contribution in [0.15, 0.2) is 24.8 Å². The second-order valence-electron chi connectivity index (χ2n) is 8.93. The maximum absolute atomic E-state index is 4.27. The number of nitrogens with zero attached hydrogens (tertiary/aromatic N) is 2. The van der Waals surface area contributed by atoms with Gasteiger partial charge in [0.05, 0.1) is 6.33 Å². The SMILES string of the molecule is C[C@@H]1CC[C@@H]2[C@H](CC[C@]3(C)C(n4ccnc4)=CC[C@@H]23)C1(C)C. The van der Waals surface area contributed by atoms with E-state index in [0.717, 1.165) is 23.7 Å². The third-order valence-electron chi connectivity index (χ3n) is 7.92. The number of hydrogen-bond donors (Lipinski definition) is 0. The predicted octanol–water partition coefficient (Wildman–Crippen LogP) is 5.23. The van der Waals surface area contributed by atoms with Crippen LogP contribution in [-0.2, 0) is 0 Å². The lowest BCUT2D eigenvalue weighted by atomic mass is 9.48. The first-order valence-electron chi connectivity index (χ1n) is 9.13. The number of fused-ring (bicyclic) bond motifs is 3. The summed E-state index contributed by atoms with van der Waals surface area (Å²) in [5, 5.41) is 0. The Labute approximate surface area is 135 Å². The maximum Gasteiger partial charge on any atom is 0.0989 e. The normalized spacial score (nSPS) is 43.4. The van der Waals surface area contributed by atoms with E-state index in [4.69, 9.17) is 0 Å². The van der Waals surface area contributed by atoms with E-state index in [0.29, 0.717) is 10.8 Å². The Morgan fingerprint density at radius 3 is 2.68 bits per heavy atom. The smallest absolute Gasteiger partial charge is 0.0989 e. The fourth-order valence-electron chi connectivity index (χ4n) is 6.14. The summed E-state index contributed by atoms with van der Waals surface area (Å²) < 4.78 is 2.27. The Bertz CT molecular complexity index is 583. The lowest BCUT2D eigenvalue weighted by Crippen LogP contribution is -2.49. The summed E-state index contributed by atoms with van der Waals surface area (Å²) >= 11 is 0. The molecule has 2 heteroatoms.